The van der Waals surface area contributed by atoms with Gasteiger partial charge in [-0.2, -0.15) is 4.57 Å². The van der Waals surface area contributed by atoms with Gasteiger partial charge in [0.1, 0.15) is 7.05 Å². The fourth-order valence-corrected chi connectivity index (χ4v) is 2.25. The van der Waals surface area contributed by atoms with Crippen molar-refractivity contribution in [1.82, 2.24) is 0 Å². The molecule has 0 saturated carbocycles. The van der Waals surface area contributed by atoms with E-state index in [0.717, 1.165) is 11.1 Å². The van der Waals surface area contributed by atoms with Crippen LogP contribution in [0.1, 0.15) is 12.7 Å². The van der Waals surface area contributed by atoms with Gasteiger partial charge in [-0.25, -0.2) is 4.57 Å². The molecule has 0 fully saturated rings. The van der Waals surface area contributed by atoms with E-state index in [1.54, 1.807) is 12.4 Å². The number of nitrogens with zero attached hydrogens (tertiary/aromatic N) is 2. The molecule has 2 aromatic rings. The molecular weight excluding hydrogens is 423 g/mol. The van der Waals surface area contributed by atoms with Crippen LogP contribution in [0.5, 0.6) is 0 Å². The zero-order valence-corrected chi connectivity index (χ0v) is 15.7. The summed E-state index contributed by atoms with van der Waals surface area (Å²) in [4.78, 5) is 18.3. The fourth-order valence-electron chi connectivity index (χ4n) is 1.75. The average molecular weight is 440 g/mol. The van der Waals surface area contributed by atoms with Crippen LogP contribution in [0.4, 0.5) is 0 Å². The van der Waals surface area contributed by atoms with Gasteiger partial charge >= 0.3 is 7.60 Å². The molecule has 0 radical (unpaired) electrons. The third-order valence-corrected chi connectivity index (χ3v) is 4.32. The molecule has 0 saturated heterocycles. The van der Waals surface area contributed by atoms with Crippen molar-refractivity contribution in [2.75, 3.05) is 0 Å². The van der Waals surface area contributed by atoms with Crippen LogP contribution in [0.25, 0.3) is 11.1 Å². The Morgan fingerprint density at radius 3 is 1.71 bits per heavy atom. The first-order chi connectivity index (χ1) is 8.88. The van der Waals surface area contributed by atoms with Crippen molar-refractivity contribution in [1.29, 1.82) is 0 Å². The molecule has 0 aromatic carbocycles. The van der Waals surface area contributed by atoms with Crippen LogP contribution < -0.4 is 43.1 Å². The van der Waals surface area contributed by atoms with Crippen LogP contribution in [0, 0.1) is 0 Å². The summed E-state index contributed by atoms with van der Waals surface area (Å²) in [7, 11) is -2.16. The van der Waals surface area contributed by atoms with Gasteiger partial charge in [-0.05, 0) is 11.1 Å². The average Bonchev–Trinajstić information content (AvgIpc) is 2.38. The SMILES string of the molecule is CC([n+]1ccc(-c2cc[n+](C)cc2)cc1)P(=O)(O)O.[Br-].[Br-]. The van der Waals surface area contributed by atoms with E-state index in [9.17, 15) is 4.57 Å². The second kappa shape index (κ2) is 8.15. The summed E-state index contributed by atoms with van der Waals surface area (Å²) < 4.78 is 14.7. The molecule has 2 heterocycles. The van der Waals surface area contributed by atoms with Gasteiger partial charge in [-0.15, -0.1) is 0 Å². The summed E-state index contributed by atoms with van der Waals surface area (Å²) in [5.41, 5.74) is 2.07. The minimum Gasteiger partial charge on any atom is -1.00 e. The van der Waals surface area contributed by atoms with Crippen LogP contribution in [-0.4, -0.2) is 9.79 Å². The zero-order valence-electron chi connectivity index (χ0n) is 11.6. The van der Waals surface area contributed by atoms with E-state index < -0.39 is 13.4 Å². The first-order valence-electron chi connectivity index (χ1n) is 5.89. The predicted octanol–water partition coefficient (Wildman–Crippen LogP) is -4.83. The van der Waals surface area contributed by atoms with Crippen molar-refractivity contribution >= 4 is 7.60 Å². The molecule has 2 aromatic heterocycles. The van der Waals surface area contributed by atoms with Crippen molar-refractivity contribution in [2.45, 2.75) is 12.7 Å². The maximum atomic E-state index is 11.2. The largest absolute Gasteiger partial charge is 1.00 e. The van der Waals surface area contributed by atoms with Crippen LogP contribution in [0.15, 0.2) is 49.1 Å². The van der Waals surface area contributed by atoms with Gasteiger partial charge in [0.2, 0.25) is 0 Å². The Bertz CT molecular complexity index is 614. The van der Waals surface area contributed by atoms with Gasteiger partial charge in [-0.1, -0.05) is 0 Å². The van der Waals surface area contributed by atoms with Crippen molar-refractivity contribution in [2.24, 2.45) is 7.05 Å². The van der Waals surface area contributed by atoms with E-state index in [1.807, 2.05) is 48.3 Å². The Hall–Kier alpha value is -0.590. The number of aryl methyl sites for hydroxylation is 1. The summed E-state index contributed by atoms with van der Waals surface area (Å²) in [6, 6.07) is 7.68. The fraction of sp³-hybridized carbons (Fsp3) is 0.231. The molecule has 8 heteroatoms. The lowest BCUT2D eigenvalue weighted by atomic mass is 10.1. The Morgan fingerprint density at radius 2 is 1.33 bits per heavy atom. The quantitative estimate of drug-likeness (QED) is 0.372. The van der Waals surface area contributed by atoms with E-state index in [4.69, 9.17) is 9.79 Å². The summed E-state index contributed by atoms with van der Waals surface area (Å²) >= 11 is 0. The first-order valence-corrected chi connectivity index (χ1v) is 7.58. The maximum absolute atomic E-state index is 11.2. The molecule has 0 bridgehead atoms. The van der Waals surface area contributed by atoms with Crippen LogP contribution in [0.3, 0.4) is 0 Å². The molecule has 1 unspecified atom stereocenters. The third kappa shape index (κ3) is 5.27. The van der Waals surface area contributed by atoms with Gasteiger partial charge in [0, 0.05) is 31.2 Å². The minimum atomic E-state index is -4.11. The molecule has 0 aliphatic carbocycles. The molecule has 2 N–H and O–H groups in total. The van der Waals surface area contributed by atoms with E-state index in [0.29, 0.717) is 0 Å². The monoisotopic (exact) mass is 438 g/mol. The second-order valence-corrected chi connectivity index (χ2v) is 6.43. The van der Waals surface area contributed by atoms with Crippen LogP contribution in [-0.2, 0) is 11.6 Å². The number of halogens is 2. The number of hydrogen-bond donors (Lipinski definition) is 2. The Labute approximate surface area is 145 Å². The first kappa shape index (κ1) is 20.4. The number of hydrogen-bond acceptors (Lipinski definition) is 1. The van der Waals surface area contributed by atoms with Gasteiger partial charge in [0.15, 0.2) is 24.8 Å². The highest BCUT2D eigenvalue weighted by molar-refractivity contribution is 7.51. The normalized spacial score (nSPS) is 12.0. The number of rotatable bonds is 3. The lowest BCUT2D eigenvalue weighted by molar-refractivity contribution is -0.701. The molecule has 116 valence electrons. The summed E-state index contributed by atoms with van der Waals surface area (Å²) in [6.07, 6.45) is 7.28. The summed E-state index contributed by atoms with van der Waals surface area (Å²) in [5.74, 6) is -0.852. The molecule has 0 aliphatic rings. The zero-order chi connectivity index (χ0) is 14.0. The van der Waals surface area contributed by atoms with Crippen molar-refractivity contribution in [3.05, 3.63) is 49.1 Å². The molecule has 5 nitrogen and oxygen atoms in total. The van der Waals surface area contributed by atoms with Gasteiger partial charge < -0.3 is 43.7 Å². The third-order valence-electron chi connectivity index (χ3n) is 3.08. The van der Waals surface area contributed by atoms with Gasteiger partial charge in [0.25, 0.3) is 5.78 Å². The molecule has 21 heavy (non-hydrogen) atoms. The van der Waals surface area contributed by atoms with Gasteiger partial charge in [0.05, 0.1) is 0 Å². The highest BCUT2D eigenvalue weighted by Crippen LogP contribution is 2.45. The van der Waals surface area contributed by atoms with Crippen molar-refractivity contribution in [3.63, 3.8) is 0 Å². The molecule has 0 spiro atoms. The number of pyridine rings is 2. The van der Waals surface area contributed by atoms with Gasteiger partial charge in [-0.3, -0.25) is 4.57 Å². The predicted molar refractivity (Wildman–Crippen MR) is 70.0 cm³/mol. The lowest BCUT2D eigenvalue weighted by Crippen LogP contribution is -3.00. The summed E-state index contributed by atoms with van der Waals surface area (Å²) in [5, 5.41) is 0. The van der Waals surface area contributed by atoms with Crippen molar-refractivity contribution in [3.8, 4) is 11.1 Å². The lowest BCUT2D eigenvalue weighted by Gasteiger charge is -2.08. The van der Waals surface area contributed by atoms with Crippen LogP contribution >= 0.6 is 7.60 Å². The van der Waals surface area contributed by atoms with E-state index >= 15 is 0 Å². The Morgan fingerprint density at radius 1 is 0.952 bits per heavy atom. The van der Waals surface area contributed by atoms with E-state index in [2.05, 4.69) is 0 Å². The Balaban J connectivity index is 0.00000200. The maximum Gasteiger partial charge on any atom is 0.392 e. The highest BCUT2D eigenvalue weighted by atomic mass is 79.9. The molecular formula is C13H17Br2N2O3P. The summed E-state index contributed by atoms with van der Waals surface area (Å²) in [6.45, 7) is 1.50. The van der Waals surface area contributed by atoms with E-state index in [-0.39, 0.29) is 34.0 Å². The molecule has 0 amide bonds. The molecule has 0 aliphatic heterocycles. The van der Waals surface area contributed by atoms with Crippen molar-refractivity contribution < 1.29 is 57.4 Å². The standard InChI is InChI=1S/C13H15N2O3P.2BrH/c1-11(19(16,17)18)15-9-5-13(6-10-15)12-3-7-14(2)8-4-12;;/h3-11H,1-2H3;2*1H. The minimum absolute atomic E-state index is 0. The Kier molecular flexibility index (Phi) is 7.92. The molecule has 2 rings (SSSR count). The highest BCUT2D eigenvalue weighted by Gasteiger charge is 2.32. The molecule has 1 atom stereocenters. The smallest absolute Gasteiger partial charge is 0.392 e. The topological polar surface area (TPSA) is 65.3 Å². The van der Waals surface area contributed by atoms with Crippen LogP contribution in [0.2, 0.25) is 0 Å². The second-order valence-electron chi connectivity index (χ2n) is 4.51. The van der Waals surface area contributed by atoms with E-state index in [1.165, 1.54) is 11.5 Å². The number of aromatic nitrogens is 2.